The van der Waals surface area contributed by atoms with E-state index in [1.807, 2.05) is 74.3 Å². The first-order chi connectivity index (χ1) is 22.4. The van der Waals surface area contributed by atoms with Gasteiger partial charge < -0.3 is 23.7 Å². The fourth-order valence-electron chi connectivity index (χ4n) is 3.65. The highest BCUT2D eigenvalue weighted by Crippen LogP contribution is 2.20. The molecule has 0 aromatic heterocycles. The summed E-state index contributed by atoms with van der Waals surface area (Å²) in [6.07, 6.45) is 5.76. The van der Waals surface area contributed by atoms with Crippen LogP contribution in [0.2, 0.25) is 0 Å². The monoisotopic (exact) mass is 809 g/mol. The zero-order chi connectivity index (χ0) is 35.2. The van der Waals surface area contributed by atoms with Crippen molar-refractivity contribution in [3.05, 3.63) is 123 Å². The summed E-state index contributed by atoms with van der Waals surface area (Å²) in [7, 11) is 3.64. The van der Waals surface area contributed by atoms with Crippen molar-refractivity contribution in [3.63, 3.8) is 0 Å². The minimum Gasteiger partial charge on any atom is -0.497 e. The minimum atomic E-state index is -0.548. The van der Waals surface area contributed by atoms with Gasteiger partial charge in [0.25, 0.3) is 0 Å². The summed E-state index contributed by atoms with van der Waals surface area (Å²) in [5.74, 6) is 2.28. The molecule has 0 saturated heterocycles. The Hall–Kier alpha value is -3.83. The highest BCUT2D eigenvalue weighted by molar-refractivity contribution is 14.1. The number of hydrogen-bond donors (Lipinski definition) is 1. The summed E-state index contributed by atoms with van der Waals surface area (Å²) in [6, 6.07) is 26.7. The Morgan fingerprint density at radius 1 is 0.729 bits per heavy atom. The Balaban J connectivity index is 0. The summed E-state index contributed by atoms with van der Waals surface area (Å²) in [6.45, 7) is 12.5. The fraction of sp³-hybridized carbons (Fsp3) is 0.189. The molecule has 0 aliphatic rings. The van der Waals surface area contributed by atoms with Gasteiger partial charge in [0, 0.05) is 18.8 Å². The second kappa shape index (κ2) is 25.2. The Kier molecular flexibility index (Phi) is 23.2. The zero-order valence-electron chi connectivity index (χ0n) is 28.4. The third-order valence-corrected chi connectivity index (χ3v) is 7.59. The van der Waals surface area contributed by atoms with Gasteiger partial charge in [0.05, 0.1) is 14.2 Å². The molecule has 0 aliphatic heterocycles. The van der Waals surface area contributed by atoms with Gasteiger partial charge in [-0.2, -0.15) is 0 Å². The van der Waals surface area contributed by atoms with E-state index in [9.17, 15) is 9.59 Å². The molecule has 4 rings (SSSR count). The van der Waals surface area contributed by atoms with Crippen LogP contribution in [0.15, 0.2) is 91.5 Å². The highest BCUT2D eigenvalue weighted by Gasteiger charge is 1.99. The molecule has 0 spiro atoms. The predicted molar refractivity (Wildman–Crippen MR) is 212 cm³/mol. The third kappa shape index (κ3) is 19.7. The SMILES string of the molecule is C=Cc1ccc(OC(C)=O)cc1.COc1cc(C)cc(/C=C/c2ccc(OC(C)=O)cc2)c1.COc1cc(C)cc(I)c1.CP[SiH2]O.F.[2HH]. The largest absolute Gasteiger partial charge is 0.497 e. The van der Waals surface area contributed by atoms with E-state index < -0.39 is 9.43 Å². The molecule has 11 heteroatoms. The summed E-state index contributed by atoms with van der Waals surface area (Å²) in [4.78, 5) is 29.4. The van der Waals surface area contributed by atoms with Crippen LogP contribution in [0.25, 0.3) is 18.2 Å². The fourth-order valence-corrected chi connectivity index (χ4v) is 4.45. The number of carbonyl (C=O) groups excluding carboxylic acids is 2. The molecule has 0 saturated carbocycles. The van der Waals surface area contributed by atoms with E-state index in [0.717, 1.165) is 41.9 Å². The van der Waals surface area contributed by atoms with E-state index in [1.165, 1.54) is 23.0 Å². The van der Waals surface area contributed by atoms with Crippen LogP contribution in [-0.2, 0) is 9.59 Å². The second-order valence-corrected chi connectivity index (χ2v) is 15.2. The van der Waals surface area contributed by atoms with Crippen molar-refractivity contribution in [1.29, 1.82) is 0 Å². The van der Waals surface area contributed by atoms with Crippen LogP contribution >= 0.6 is 30.7 Å². The molecule has 7 nitrogen and oxygen atoms in total. The quantitative estimate of drug-likeness (QED) is 0.0476. The number of hydrogen-bond acceptors (Lipinski definition) is 7. The van der Waals surface area contributed by atoms with Gasteiger partial charge in [-0.15, -0.1) is 8.13 Å². The second-order valence-electron chi connectivity index (χ2n) is 9.83. The molecule has 1 atom stereocenters. The Labute approximate surface area is 302 Å². The lowest BCUT2D eigenvalue weighted by atomic mass is 10.1. The standard InChI is InChI=1S/C18H18O3.C10H10O2.C8H9IO.CH7OPSi.FH.H2/c1-13-10-16(12-18(11-13)20-3)5-4-15-6-8-17(9-7-15)21-14(2)19;1-3-9-4-6-10(7-5-9)12-8(2)11;1-6-3-7(9)5-8(4-6)10-2;1-3-4-2;;/h4-12H,1-3H3;3-7H,1H2,2H3;3-5H,1-2H3;2-3H,4H2,1H3;2*1H/b5-4+;;;;;/i;;;;;1+1. The molecule has 4 aromatic rings. The van der Waals surface area contributed by atoms with Gasteiger partial charge in [-0.3, -0.25) is 14.3 Å². The smallest absolute Gasteiger partial charge is 0.308 e. The van der Waals surface area contributed by atoms with E-state index >= 15 is 0 Å². The molecule has 0 aliphatic carbocycles. The van der Waals surface area contributed by atoms with Gasteiger partial charge in [0.2, 0.25) is 0 Å². The Morgan fingerprint density at radius 2 is 1.15 bits per heavy atom. The van der Waals surface area contributed by atoms with E-state index in [1.54, 1.807) is 44.6 Å². The zero-order valence-corrected chi connectivity index (χ0v) is 33.0. The summed E-state index contributed by atoms with van der Waals surface area (Å²) < 4.78 is 21.4. The molecule has 1 unspecified atom stereocenters. The van der Waals surface area contributed by atoms with Crippen molar-refractivity contribution in [2.24, 2.45) is 0 Å². The maximum absolute atomic E-state index is 10.9. The third-order valence-electron chi connectivity index (χ3n) is 5.71. The Morgan fingerprint density at radius 3 is 1.54 bits per heavy atom. The number of benzene rings is 4. The van der Waals surface area contributed by atoms with Gasteiger partial charge in [-0.25, -0.2) is 0 Å². The summed E-state index contributed by atoms with van der Waals surface area (Å²) in [5, 5.41) is 0. The van der Waals surface area contributed by atoms with Crippen LogP contribution in [0.1, 0.15) is 43.1 Å². The lowest BCUT2D eigenvalue weighted by Crippen LogP contribution is -2.00. The number of aryl methyl sites for hydroxylation is 2. The maximum Gasteiger partial charge on any atom is 0.308 e. The molecule has 0 fully saturated rings. The van der Waals surface area contributed by atoms with Gasteiger partial charge in [-0.1, -0.05) is 55.1 Å². The molecule has 0 amide bonds. The molecule has 48 heavy (non-hydrogen) atoms. The van der Waals surface area contributed by atoms with Crippen LogP contribution in [0.4, 0.5) is 4.70 Å². The maximum atomic E-state index is 10.9. The number of ether oxygens (including phenoxy) is 4. The van der Waals surface area contributed by atoms with Crippen molar-refractivity contribution in [3.8, 4) is 23.0 Å². The van der Waals surface area contributed by atoms with E-state index in [2.05, 4.69) is 48.2 Å². The van der Waals surface area contributed by atoms with Crippen molar-refractivity contribution >= 4 is 70.3 Å². The predicted octanol–water partition coefficient (Wildman–Crippen LogP) is 8.65. The first kappa shape index (κ1) is 44.2. The van der Waals surface area contributed by atoms with Gasteiger partial charge >= 0.3 is 11.9 Å². The average Bonchev–Trinajstić information content (AvgIpc) is 3.04. The average molecular weight is 810 g/mol. The topological polar surface area (TPSA) is 91.3 Å². The normalized spacial score (nSPS) is 10.0. The number of carbonyl (C=O) groups is 2. The van der Waals surface area contributed by atoms with E-state index in [0.29, 0.717) is 11.5 Å². The van der Waals surface area contributed by atoms with Gasteiger partial charge in [0.15, 0.2) is 9.43 Å². The van der Waals surface area contributed by atoms with Crippen LogP contribution in [0.5, 0.6) is 23.0 Å². The molecule has 0 radical (unpaired) electrons. The number of rotatable bonds is 8. The van der Waals surface area contributed by atoms with Crippen LogP contribution in [0, 0.1) is 17.4 Å². The molecular weight excluding hydrogens is 761 g/mol. The molecular formula is C37H47FIO7PSi. The first-order valence-corrected chi connectivity index (χ1v) is 20.1. The first-order valence-electron chi connectivity index (χ1n) is 14.5. The van der Waals surface area contributed by atoms with E-state index in [4.69, 9.17) is 23.7 Å². The van der Waals surface area contributed by atoms with Crippen LogP contribution in [-0.4, -0.2) is 47.0 Å². The number of halogens is 2. The van der Waals surface area contributed by atoms with Crippen molar-refractivity contribution in [2.75, 3.05) is 20.9 Å². The van der Waals surface area contributed by atoms with Crippen LogP contribution < -0.4 is 18.9 Å². The minimum absolute atomic E-state index is 0. The molecule has 0 heterocycles. The lowest BCUT2D eigenvalue weighted by Gasteiger charge is -2.04. The Bertz CT molecular complexity index is 1560. The summed E-state index contributed by atoms with van der Waals surface area (Å²) >= 11 is 2.27. The molecule has 0 bridgehead atoms. The van der Waals surface area contributed by atoms with Crippen LogP contribution in [0.3, 0.4) is 0 Å². The highest BCUT2D eigenvalue weighted by atomic mass is 127. The molecule has 1 N–H and O–H groups in total. The van der Waals surface area contributed by atoms with E-state index in [-0.39, 0.29) is 18.1 Å². The van der Waals surface area contributed by atoms with Crippen molar-refractivity contribution < 1.29 is 39.5 Å². The van der Waals surface area contributed by atoms with Crippen molar-refractivity contribution in [2.45, 2.75) is 27.7 Å². The number of methoxy groups -OCH3 is 2. The lowest BCUT2D eigenvalue weighted by molar-refractivity contribution is -0.132. The molecule has 4 aromatic carbocycles. The van der Waals surface area contributed by atoms with Gasteiger partial charge in [0.1, 0.15) is 23.0 Å². The number of esters is 2. The summed E-state index contributed by atoms with van der Waals surface area (Å²) in [5.41, 5.74) is 5.51. The van der Waals surface area contributed by atoms with Crippen molar-refractivity contribution in [1.82, 2.24) is 0 Å². The van der Waals surface area contributed by atoms with Gasteiger partial charge in [-0.05, 0) is 126 Å². The molecule has 260 valence electrons.